The number of benzene rings is 6. The van der Waals surface area contributed by atoms with E-state index in [1.165, 1.54) is 36.4 Å². The molecule has 0 N–H and O–H groups in total. The molecule has 1 aliphatic carbocycles. The van der Waals surface area contributed by atoms with Gasteiger partial charge in [0.25, 0.3) is 11.8 Å². The number of ketones is 2. The molecule has 6 aromatic carbocycles. The summed E-state index contributed by atoms with van der Waals surface area (Å²) >= 11 is 0. The minimum atomic E-state index is -0.845. The van der Waals surface area contributed by atoms with Crippen molar-refractivity contribution in [2.24, 2.45) is 5.92 Å². The van der Waals surface area contributed by atoms with E-state index in [1.54, 1.807) is 79.7 Å². The summed E-state index contributed by atoms with van der Waals surface area (Å²) in [7, 11) is 0. The number of imide groups is 1. The lowest BCUT2D eigenvalue weighted by Gasteiger charge is -2.26. The van der Waals surface area contributed by atoms with Crippen LogP contribution in [0.5, 0.6) is 35.0 Å². The smallest absolute Gasteiger partial charge is 0.345 e. The highest BCUT2D eigenvalue weighted by molar-refractivity contribution is 6.34. The maximum absolute atomic E-state index is 13.9. The third kappa shape index (κ3) is 7.75. The largest absolute Gasteiger partial charge is 0.457 e. The molecule has 0 radical (unpaired) electrons. The number of rotatable bonds is 11. The zero-order valence-electron chi connectivity index (χ0n) is 34.3. The fourth-order valence-electron chi connectivity index (χ4n) is 7.33. The van der Waals surface area contributed by atoms with Gasteiger partial charge in [0.1, 0.15) is 23.0 Å². The van der Waals surface area contributed by atoms with Crippen molar-refractivity contribution in [2.45, 2.75) is 26.2 Å². The summed E-state index contributed by atoms with van der Waals surface area (Å²) in [4.78, 5) is 91.2. The van der Waals surface area contributed by atoms with E-state index in [9.17, 15) is 28.8 Å². The predicted molar refractivity (Wildman–Crippen MR) is 230 cm³/mol. The zero-order chi connectivity index (χ0) is 44.7. The van der Waals surface area contributed by atoms with E-state index >= 15 is 0 Å². The third-order valence-electron chi connectivity index (χ3n) is 11.0. The normalized spacial score (nSPS) is 14.2. The Balaban J connectivity index is 0.901. The second-order valence-corrected chi connectivity index (χ2v) is 15.4. The average Bonchev–Trinajstić information content (AvgIpc) is 3.68. The molecule has 2 aliphatic rings. The minimum absolute atomic E-state index is 0.00637. The Labute approximate surface area is 365 Å². The van der Waals surface area contributed by atoms with Crippen molar-refractivity contribution >= 4 is 41.3 Å². The highest BCUT2D eigenvalue weighted by atomic mass is 16.6. The molecule has 0 bridgehead atoms. The Morgan fingerprint density at radius 2 is 0.922 bits per heavy atom. The van der Waals surface area contributed by atoms with Crippen LogP contribution in [0.25, 0.3) is 0 Å². The van der Waals surface area contributed by atoms with E-state index in [-0.39, 0.29) is 39.6 Å². The van der Waals surface area contributed by atoms with Gasteiger partial charge in [-0.2, -0.15) is 9.97 Å². The summed E-state index contributed by atoms with van der Waals surface area (Å²) in [6.07, 6.45) is 0. The van der Waals surface area contributed by atoms with Gasteiger partial charge >= 0.3 is 24.0 Å². The van der Waals surface area contributed by atoms with Gasteiger partial charge in [0.15, 0.2) is 11.6 Å². The second-order valence-electron chi connectivity index (χ2n) is 15.4. The SMILES string of the molecule is CC1C(=O)c2ccc(Oc3ccc(C(C)(C)c4ccc(Oc5ccc6c(c5)C(=O)N(c5nc(OC(=O)c7ccccc7)nc(OC(=O)c7ccccc7)n5)C6=O)cc4)cc3)cc2C1=O. The lowest BCUT2D eigenvalue weighted by atomic mass is 9.78. The van der Waals surface area contributed by atoms with Gasteiger partial charge in [-0.3, -0.25) is 19.2 Å². The molecule has 14 nitrogen and oxygen atoms in total. The summed E-state index contributed by atoms with van der Waals surface area (Å²) in [5, 5.41) is 0. The maximum atomic E-state index is 13.9. The van der Waals surface area contributed by atoms with Crippen molar-refractivity contribution in [1.82, 2.24) is 15.0 Å². The highest BCUT2D eigenvalue weighted by Crippen LogP contribution is 2.37. The van der Waals surface area contributed by atoms with Crippen molar-refractivity contribution in [2.75, 3.05) is 4.90 Å². The van der Waals surface area contributed by atoms with Crippen LogP contribution in [-0.4, -0.2) is 50.3 Å². The quantitative estimate of drug-likeness (QED) is 0.0684. The fraction of sp³-hybridized carbons (Fsp3) is 0.100. The number of anilines is 1. The first-order valence-electron chi connectivity index (χ1n) is 20.0. The predicted octanol–water partition coefficient (Wildman–Crippen LogP) is 9.04. The number of esters is 2. The molecule has 7 aromatic rings. The fourth-order valence-corrected chi connectivity index (χ4v) is 7.33. The molecule has 0 fully saturated rings. The number of ether oxygens (including phenoxy) is 4. The molecule has 9 rings (SSSR count). The van der Waals surface area contributed by atoms with Crippen molar-refractivity contribution < 1.29 is 47.7 Å². The molecular formula is C50H34N4O10. The molecule has 0 saturated heterocycles. The first kappa shape index (κ1) is 40.7. The number of carbonyl (C=O) groups excluding carboxylic acids is 6. The minimum Gasteiger partial charge on any atom is -0.457 e. The monoisotopic (exact) mass is 850 g/mol. The average molecular weight is 851 g/mol. The molecule has 0 saturated carbocycles. The van der Waals surface area contributed by atoms with Crippen LogP contribution in [0.4, 0.5) is 5.95 Å². The van der Waals surface area contributed by atoms with Gasteiger partial charge in [0.05, 0.1) is 28.2 Å². The van der Waals surface area contributed by atoms with Crippen LogP contribution in [0.15, 0.2) is 146 Å². The molecule has 1 atom stereocenters. The van der Waals surface area contributed by atoms with Gasteiger partial charge in [-0.25, -0.2) is 14.5 Å². The number of hydrogen-bond acceptors (Lipinski definition) is 13. The van der Waals surface area contributed by atoms with E-state index < -0.39 is 53.1 Å². The van der Waals surface area contributed by atoms with Crippen LogP contribution < -0.4 is 23.8 Å². The Morgan fingerprint density at radius 1 is 0.500 bits per heavy atom. The molecule has 1 aliphatic heterocycles. The topological polar surface area (TPSA) is 181 Å². The van der Waals surface area contributed by atoms with Gasteiger partial charge in [-0.05, 0) is 103 Å². The zero-order valence-corrected chi connectivity index (χ0v) is 34.3. The number of amides is 2. The Hall–Kier alpha value is -8.65. The Bertz CT molecular complexity index is 2970. The number of carbonyl (C=O) groups is 6. The molecule has 0 spiro atoms. The molecule has 314 valence electrons. The standard InChI is InChI=1S/C50H34N4O10/c1-28-41(55)37-24-22-35(26-39(37)42(28)56)61-33-18-14-31(15-19-33)50(2,3)32-16-20-34(21-17-32)62-36-23-25-38-40(27-36)44(58)54(43(38)57)47-51-48(63-45(59)29-10-6-4-7-11-29)53-49(52-47)64-46(60)30-12-8-5-9-13-30/h4-28H,1-3H3. The van der Waals surface area contributed by atoms with Gasteiger partial charge in [-0.1, -0.05) is 74.5 Å². The van der Waals surface area contributed by atoms with E-state index in [0.717, 1.165) is 11.1 Å². The van der Waals surface area contributed by atoms with Gasteiger partial charge in [0, 0.05) is 16.5 Å². The Kier molecular flexibility index (Phi) is 10.4. The first-order chi connectivity index (χ1) is 30.8. The van der Waals surface area contributed by atoms with Crippen LogP contribution >= 0.6 is 0 Å². The van der Waals surface area contributed by atoms with E-state index in [4.69, 9.17) is 18.9 Å². The summed E-state index contributed by atoms with van der Waals surface area (Å²) in [5.74, 6) is -3.11. The number of fused-ring (bicyclic) bond motifs is 2. The maximum Gasteiger partial charge on any atom is 0.345 e. The van der Waals surface area contributed by atoms with Crippen LogP contribution in [0.1, 0.15) is 94.0 Å². The second kappa shape index (κ2) is 16.3. The number of aromatic nitrogens is 3. The third-order valence-corrected chi connectivity index (χ3v) is 11.0. The van der Waals surface area contributed by atoms with Crippen molar-refractivity contribution in [1.29, 1.82) is 0 Å². The number of Topliss-reactive ketones (excluding diaryl/α,β-unsaturated/α-hetero) is 2. The molecule has 2 heterocycles. The van der Waals surface area contributed by atoms with Crippen LogP contribution in [0, 0.1) is 5.92 Å². The Morgan fingerprint density at radius 3 is 1.42 bits per heavy atom. The van der Waals surface area contributed by atoms with Crippen molar-refractivity contribution in [3.63, 3.8) is 0 Å². The summed E-state index contributed by atoms with van der Waals surface area (Å²) in [5.41, 5.74) is 2.70. The summed E-state index contributed by atoms with van der Waals surface area (Å²) in [6.45, 7) is 5.77. The van der Waals surface area contributed by atoms with Gasteiger partial charge in [-0.15, -0.1) is 4.98 Å². The summed E-state index contributed by atoms with van der Waals surface area (Å²) < 4.78 is 22.9. The lowest BCUT2D eigenvalue weighted by molar-refractivity contribution is 0.0704. The van der Waals surface area contributed by atoms with Crippen molar-refractivity contribution in [3.8, 4) is 35.0 Å². The van der Waals surface area contributed by atoms with E-state index in [1.807, 2.05) is 36.4 Å². The molecule has 1 aromatic heterocycles. The molecule has 14 heteroatoms. The van der Waals surface area contributed by atoms with Crippen LogP contribution in [-0.2, 0) is 5.41 Å². The molecule has 64 heavy (non-hydrogen) atoms. The van der Waals surface area contributed by atoms with Crippen molar-refractivity contribution in [3.05, 3.63) is 190 Å². The van der Waals surface area contributed by atoms with Crippen LogP contribution in [0.3, 0.4) is 0 Å². The number of nitrogens with zero attached hydrogens (tertiary/aromatic N) is 4. The van der Waals surface area contributed by atoms with E-state index in [2.05, 4.69) is 28.8 Å². The molecule has 2 amide bonds. The molecule has 1 unspecified atom stereocenters. The van der Waals surface area contributed by atoms with Gasteiger partial charge in [0.2, 0.25) is 5.95 Å². The number of hydrogen-bond donors (Lipinski definition) is 0. The highest BCUT2D eigenvalue weighted by Gasteiger charge is 2.40. The van der Waals surface area contributed by atoms with Gasteiger partial charge < -0.3 is 18.9 Å². The first-order valence-corrected chi connectivity index (χ1v) is 20.0. The summed E-state index contributed by atoms with van der Waals surface area (Å²) in [6, 6.07) is 39.1. The lowest BCUT2D eigenvalue weighted by Crippen LogP contribution is -2.31. The van der Waals surface area contributed by atoms with Crippen LogP contribution in [0.2, 0.25) is 0 Å². The molecular weight excluding hydrogens is 817 g/mol. The van der Waals surface area contributed by atoms with E-state index in [0.29, 0.717) is 33.3 Å².